The molecule has 1 aromatic rings. The lowest BCUT2D eigenvalue weighted by atomic mass is 10.1. The summed E-state index contributed by atoms with van der Waals surface area (Å²) in [6.07, 6.45) is -5.47. The molecule has 2 rings (SSSR count). The van der Waals surface area contributed by atoms with Crippen LogP contribution in [0, 0.1) is 5.82 Å². The third-order valence-electron chi connectivity index (χ3n) is 3.05. The molecule has 1 aromatic carbocycles. The first-order chi connectivity index (χ1) is 9.51. The molecule has 4 nitrogen and oxygen atoms in total. The van der Waals surface area contributed by atoms with Gasteiger partial charge in [0.2, 0.25) is 15.0 Å². The number of hydrogen-bond donors (Lipinski definition) is 0. The maximum absolute atomic E-state index is 13.8. The van der Waals surface area contributed by atoms with Crippen LogP contribution in [0.4, 0.5) is 23.2 Å². The van der Waals surface area contributed by atoms with E-state index in [9.17, 15) is 30.8 Å². The Kier molecular flexibility index (Phi) is 3.92. The van der Waals surface area contributed by atoms with Gasteiger partial charge in [0.15, 0.2) is 0 Å². The number of rotatable bonds is 2. The van der Waals surface area contributed by atoms with Gasteiger partial charge in [0.25, 0.3) is 0 Å². The summed E-state index contributed by atoms with van der Waals surface area (Å²) in [5.41, 5.74) is -2.32. The van der Waals surface area contributed by atoms with Crippen LogP contribution in [0.25, 0.3) is 0 Å². The van der Waals surface area contributed by atoms with Crippen LogP contribution in [0.1, 0.15) is 12.0 Å². The van der Waals surface area contributed by atoms with Crippen molar-refractivity contribution in [2.75, 3.05) is 11.4 Å². The van der Waals surface area contributed by atoms with E-state index in [1.165, 1.54) is 0 Å². The molecule has 0 spiro atoms. The molecule has 1 fully saturated rings. The van der Waals surface area contributed by atoms with Crippen molar-refractivity contribution in [3.63, 3.8) is 0 Å². The van der Waals surface area contributed by atoms with E-state index in [1.54, 1.807) is 0 Å². The smallest absolute Gasteiger partial charge is 0.308 e. The van der Waals surface area contributed by atoms with Crippen molar-refractivity contribution in [1.82, 2.24) is 0 Å². The third kappa shape index (κ3) is 3.13. The van der Waals surface area contributed by atoms with Crippen molar-refractivity contribution < 1.29 is 30.8 Å². The van der Waals surface area contributed by atoms with Gasteiger partial charge in [-0.25, -0.2) is 12.8 Å². The van der Waals surface area contributed by atoms with Gasteiger partial charge in [-0.3, -0.25) is 4.79 Å². The zero-order chi connectivity index (χ0) is 16.0. The maximum atomic E-state index is 13.8. The minimum Gasteiger partial charge on any atom is -0.308 e. The van der Waals surface area contributed by atoms with Gasteiger partial charge in [-0.2, -0.15) is 13.2 Å². The molecule has 116 valence electrons. The number of hydrogen-bond acceptors (Lipinski definition) is 3. The predicted molar refractivity (Wildman–Crippen MR) is 66.9 cm³/mol. The van der Waals surface area contributed by atoms with E-state index >= 15 is 0 Å². The molecular weight excluding hydrogens is 338 g/mol. The molecule has 1 amide bonds. The van der Waals surface area contributed by atoms with Gasteiger partial charge < -0.3 is 4.90 Å². The van der Waals surface area contributed by atoms with E-state index in [0.29, 0.717) is 11.0 Å². The second-order valence-corrected chi connectivity index (χ2v) is 7.35. The van der Waals surface area contributed by atoms with Crippen LogP contribution in [-0.4, -0.2) is 26.1 Å². The lowest BCUT2D eigenvalue weighted by Gasteiger charge is -2.21. The SMILES string of the molecule is O=C1CC(S(=O)(=O)Cl)CN1c1c(F)cccc1C(F)(F)F. The van der Waals surface area contributed by atoms with Crippen LogP contribution in [0.15, 0.2) is 18.2 Å². The molecule has 0 aromatic heterocycles. The highest BCUT2D eigenvalue weighted by Crippen LogP contribution is 2.40. The highest BCUT2D eigenvalue weighted by atomic mass is 35.7. The molecule has 10 heteroatoms. The lowest BCUT2D eigenvalue weighted by molar-refractivity contribution is -0.137. The van der Waals surface area contributed by atoms with Gasteiger partial charge >= 0.3 is 6.18 Å². The molecule has 1 atom stereocenters. The Hall–Kier alpha value is -1.35. The van der Waals surface area contributed by atoms with Gasteiger partial charge in [-0.05, 0) is 12.1 Å². The first-order valence-corrected chi connectivity index (χ1v) is 7.98. The number of para-hydroxylation sites is 1. The summed E-state index contributed by atoms with van der Waals surface area (Å²) in [6, 6.07) is 2.24. The van der Waals surface area contributed by atoms with Crippen LogP contribution in [-0.2, 0) is 20.0 Å². The van der Waals surface area contributed by atoms with E-state index in [2.05, 4.69) is 0 Å². The average Bonchev–Trinajstić information content (AvgIpc) is 2.69. The Balaban J connectivity index is 2.51. The number of anilines is 1. The Bertz CT molecular complexity index is 689. The average molecular weight is 346 g/mol. The molecule has 1 aliphatic rings. The van der Waals surface area contributed by atoms with Crippen molar-refractivity contribution in [3.05, 3.63) is 29.6 Å². The number of amides is 1. The van der Waals surface area contributed by atoms with Crippen molar-refractivity contribution in [2.45, 2.75) is 17.8 Å². The molecule has 0 N–H and O–H groups in total. The summed E-state index contributed by atoms with van der Waals surface area (Å²) in [7, 11) is 0.973. The second kappa shape index (κ2) is 5.13. The van der Waals surface area contributed by atoms with Crippen LogP contribution in [0.5, 0.6) is 0 Å². The number of alkyl halides is 3. The fraction of sp³-hybridized carbons (Fsp3) is 0.364. The standard InChI is InChI=1S/C11H8ClF4NO3S/c12-21(19,20)6-4-9(18)17(5-6)10-7(11(14,15)16)2-1-3-8(10)13/h1-3,6H,4-5H2. The molecule has 0 radical (unpaired) electrons. The Morgan fingerprint density at radius 3 is 2.38 bits per heavy atom. The van der Waals surface area contributed by atoms with Crippen molar-refractivity contribution in [1.29, 1.82) is 0 Å². The van der Waals surface area contributed by atoms with Gasteiger partial charge in [0, 0.05) is 23.6 Å². The quantitative estimate of drug-likeness (QED) is 0.611. The largest absolute Gasteiger partial charge is 0.418 e. The number of halogens is 5. The zero-order valence-electron chi connectivity index (χ0n) is 10.2. The van der Waals surface area contributed by atoms with E-state index in [0.717, 1.165) is 12.1 Å². The predicted octanol–water partition coefficient (Wildman–Crippen LogP) is 2.52. The Morgan fingerprint density at radius 1 is 1.29 bits per heavy atom. The normalized spacial score (nSPS) is 20.1. The lowest BCUT2D eigenvalue weighted by Crippen LogP contribution is -2.30. The van der Waals surface area contributed by atoms with E-state index in [4.69, 9.17) is 10.7 Å². The highest BCUT2D eigenvalue weighted by molar-refractivity contribution is 8.14. The summed E-state index contributed by atoms with van der Waals surface area (Å²) in [5, 5.41) is -1.37. The van der Waals surface area contributed by atoms with E-state index in [1.807, 2.05) is 0 Å². The fourth-order valence-electron chi connectivity index (χ4n) is 2.10. The molecule has 1 unspecified atom stereocenters. The summed E-state index contributed by atoms with van der Waals surface area (Å²) >= 11 is 0. The van der Waals surface area contributed by atoms with Crippen molar-refractivity contribution in [3.8, 4) is 0 Å². The van der Waals surface area contributed by atoms with Crippen molar-refractivity contribution in [2.24, 2.45) is 0 Å². The topological polar surface area (TPSA) is 54.5 Å². The monoisotopic (exact) mass is 345 g/mol. The summed E-state index contributed by atoms with van der Waals surface area (Å²) in [5.74, 6) is -2.19. The van der Waals surface area contributed by atoms with Gasteiger partial charge in [-0.1, -0.05) is 6.07 Å². The first-order valence-electron chi connectivity index (χ1n) is 5.61. The molecule has 0 aliphatic carbocycles. The first kappa shape index (κ1) is 16.0. The number of carbonyl (C=O) groups excluding carboxylic acids is 1. The second-order valence-electron chi connectivity index (χ2n) is 4.44. The Morgan fingerprint density at radius 2 is 1.90 bits per heavy atom. The molecule has 1 heterocycles. The Labute approximate surface area is 121 Å². The van der Waals surface area contributed by atoms with Gasteiger partial charge in [0.1, 0.15) is 11.1 Å². The van der Waals surface area contributed by atoms with Crippen LogP contribution in [0.2, 0.25) is 0 Å². The molecule has 21 heavy (non-hydrogen) atoms. The summed E-state index contributed by atoms with van der Waals surface area (Å²) in [6.45, 7) is -0.616. The summed E-state index contributed by atoms with van der Waals surface area (Å²) in [4.78, 5) is 12.2. The minimum absolute atomic E-state index is 0.475. The molecule has 0 bridgehead atoms. The zero-order valence-corrected chi connectivity index (χ0v) is 11.8. The highest BCUT2D eigenvalue weighted by Gasteiger charge is 2.43. The number of benzene rings is 1. The minimum atomic E-state index is -4.88. The van der Waals surface area contributed by atoms with Gasteiger partial charge in [0.05, 0.1) is 11.3 Å². The van der Waals surface area contributed by atoms with Crippen LogP contribution >= 0.6 is 10.7 Å². The molecule has 1 aliphatic heterocycles. The van der Waals surface area contributed by atoms with Crippen LogP contribution in [0.3, 0.4) is 0 Å². The number of carbonyl (C=O) groups is 1. The number of nitrogens with zero attached hydrogens (tertiary/aromatic N) is 1. The van der Waals surface area contributed by atoms with E-state index < -0.39 is 56.4 Å². The van der Waals surface area contributed by atoms with Crippen molar-refractivity contribution >= 4 is 31.3 Å². The maximum Gasteiger partial charge on any atom is 0.418 e. The summed E-state index contributed by atoms with van der Waals surface area (Å²) < 4.78 is 74.8. The third-order valence-corrected chi connectivity index (χ3v) is 4.92. The van der Waals surface area contributed by atoms with Crippen LogP contribution < -0.4 is 4.90 Å². The molecule has 0 saturated carbocycles. The molecular formula is C11H8ClF4NO3S. The fourth-order valence-corrected chi connectivity index (χ4v) is 3.12. The van der Waals surface area contributed by atoms with Gasteiger partial charge in [-0.15, -0.1) is 0 Å². The van der Waals surface area contributed by atoms with E-state index in [-0.39, 0.29) is 0 Å². The molecule has 1 saturated heterocycles.